The third kappa shape index (κ3) is 4.82. The second kappa shape index (κ2) is 8.81. The van der Waals surface area contributed by atoms with E-state index in [1.54, 1.807) is 11.7 Å². The Morgan fingerprint density at radius 1 is 1.15 bits per heavy atom. The number of halogens is 3. The summed E-state index contributed by atoms with van der Waals surface area (Å²) in [6.45, 7) is 1.83. The molecule has 10 heteroatoms. The van der Waals surface area contributed by atoms with E-state index in [-0.39, 0.29) is 5.69 Å². The zero-order valence-electron chi connectivity index (χ0n) is 14.0. The fourth-order valence-corrected chi connectivity index (χ4v) is 2.07. The summed E-state index contributed by atoms with van der Waals surface area (Å²) in [4.78, 5) is 27.4. The van der Waals surface area contributed by atoms with Gasteiger partial charge >= 0.3 is 5.97 Å². The first-order valence-corrected chi connectivity index (χ1v) is 7.67. The van der Waals surface area contributed by atoms with Crippen LogP contribution in [0.1, 0.15) is 22.8 Å². The summed E-state index contributed by atoms with van der Waals surface area (Å²) in [5.41, 5.74) is 3.03. The first kappa shape index (κ1) is 19.9. The molecule has 0 aliphatic heterocycles. The molecule has 142 valence electrons. The predicted molar refractivity (Wildman–Crippen MR) is 90.9 cm³/mol. The highest BCUT2D eigenvalue weighted by molar-refractivity contribution is 6.24. The van der Waals surface area contributed by atoms with Gasteiger partial charge in [0.05, 0.1) is 23.2 Å². The highest BCUT2D eigenvalue weighted by Gasteiger charge is 2.21. The van der Waals surface area contributed by atoms with E-state index in [1.165, 1.54) is 12.1 Å². The Bertz CT molecular complexity index is 890. The third-order valence-electron chi connectivity index (χ3n) is 3.47. The minimum Gasteiger partial charge on any atom is -0.350 e. The van der Waals surface area contributed by atoms with Crippen LogP contribution in [0.3, 0.4) is 0 Å². The second-order valence-corrected chi connectivity index (χ2v) is 5.20. The zero-order valence-corrected chi connectivity index (χ0v) is 14.0. The molecule has 0 saturated carbocycles. The lowest BCUT2D eigenvalue weighted by atomic mass is 10.1. The van der Waals surface area contributed by atoms with Crippen molar-refractivity contribution in [1.29, 1.82) is 5.41 Å². The molecule has 7 nitrogen and oxygen atoms in total. The van der Waals surface area contributed by atoms with Gasteiger partial charge < -0.3 is 15.6 Å². The smallest absolute Gasteiger partial charge is 0.350 e. The fraction of sp³-hybridized carbons (Fsp3) is 0.118. The summed E-state index contributed by atoms with van der Waals surface area (Å²) in [5.74, 6) is -5.48. The van der Waals surface area contributed by atoms with Crippen molar-refractivity contribution in [1.82, 2.24) is 11.0 Å². The van der Waals surface area contributed by atoms with E-state index in [0.29, 0.717) is 24.3 Å². The van der Waals surface area contributed by atoms with Crippen molar-refractivity contribution in [2.24, 2.45) is 0 Å². The maximum Gasteiger partial charge on any atom is 0.360 e. The van der Waals surface area contributed by atoms with Gasteiger partial charge in [0, 0.05) is 0 Å². The van der Waals surface area contributed by atoms with Gasteiger partial charge in [-0.15, -0.1) is 0 Å². The Morgan fingerprint density at radius 3 is 2.52 bits per heavy atom. The summed E-state index contributed by atoms with van der Waals surface area (Å²) in [7, 11) is 0. The topological polar surface area (TPSA) is 103 Å². The number of anilines is 2. The van der Waals surface area contributed by atoms with Gasteiger partial charge in [-0.2, -0.15) is 0 Å². The average molecular weight is 380 g/mol. The van der Waals surface area contributed by atoms with Crippen LogP contribution in [0.5, 0.6) is 0 Å². The first-order valence-electron chi connectivity index (χ1n) is 7.67. The molecule has 0 atom stereocenters. The van der Waals surface area contributed by atoms with E-state index in [0.717, 1.165) is 6.07 Å². The van der Waals surface area contributed by atoms with Gasteiger partial charge in [-0.05, 0) is 36.2 Å². The molecule has 2 aromatic carbocycles. The summed E-state index contributed by atoms with van der Waals surface area (Å²) in [6.07, 6.45) is 0.990. The van der Waals surface area contributed by atoms with Crippen molar-refractivity contribution in [3.05, 3.63) is 58.9 Å². The van der Waals surface area contributed by atoms with Crippen LogP contribution >= 0.6 is 0 Å². The van der Waals surface area contributed by atoms with Gasteiger partial charge in [-0.1, -0.05) is 18.6 Å². The van der Waals surface area contributed by atoms with Gasteiger partial charge in [0.1, 0.15) is 5.82 Å². The molecule has 27 heavy (non-hydrogen) atoms. The molecular weight excluding hydrogens is 365 g/mol. The number of hydrogen-bond donors (Lipinski definition) is 4. The molecule has 0 saturated heterocycles. The van der Waals surface area contributed by atoms with Crippen LogP contribution in [0.15, 0.2) is 30.3 Å². The predicted octanol–water partition coefficient (Wildman–Crippen LogP) is 2.75. The van der Waals surface area contributed by atoms with Crippen molar-refractivity contribution in [3.63, 3.8) is 0 Å². The van der Waals surface area contributed by atoms with Gasteiger partial charge in [-0.3, -0.25) is 10.2 Å². The quantitative estimate of drug-likeness (QED) is 0.437. The number of rotatable bonds is 7. The number of benzene rings is 2. The second-order valence-electron chi connectivity index (χ2n) is 5.20. The maximum absolute atomic E-state index is 14.2. The van der Waals surface area contributed by atoms with Crippen LogP contribution in [-0.2, 0) is 16.1 Å². The minimum atomic E-state index is -1.41. The number of carbonyl (C=O) groups is 2. The lowest BCUT2D eigenvalue weighted by Crippen LogP contribution is -2.39. The molecule has 1 amide bonds. The number of hydrazine groups is 1. The number of hydrogen-bond acceptors (Lipinski definition) is 6. The molecule has 0 aromatic heterocycles. The lowest BCUT2D eigenvalue weighted by Gasteiger charge is -2.14. The lowest BCUT2D eigenvalue weighted by molar-refractivity contribution is -0.118. The standard InChI is InChI=1S/C17H15F3N4O3/c1-2-9-3-6-13(12(19)7-9)22-16-10(4-5-11(18)15(16)20)17(26)27-24-23-14(25)8-21/h3-8,21-22,24H,2H2,1H3,(H,23,25). The molecule has 2 rings (SSSR count). The van der Waals surface area contributed by atoms with Gasteiger partial charge in [-0.25, -0.2) is 18.0 Å². The Morgan fingerprint density at radius 2 is 1.89 bits per heavy atom. The summed E-state index contributed by atoms with van der Waals surface area (Å²) >= 11 is 0. The summed E-state index contributed by atoms with van der Waals surface area (Å²) in [5, 5.41) is 9.01. The van der Waals surface area contributed by atoms with E-state index in [9.17, 15) is 22.8 Å². The van der Waals surface area contributed by atoms with Crippen molar-refractivity contribution < 1.29 is 27.6 Å². The van der Waals surface area contributed by atoms with Crippen molar-refractivity contribution in [3.8, 4) is 0 Å². The summed E-state index contributed by atoms with van der Waals surface area (Å²) in [6, 6.07) is 5.78. The molecule has 0 bridgehead atoms. The molecule has 0 aliphatic carbocycles. The Kier molecular flexibility index (Phi) is 6.50. The van der Waals surface area contributed by atoms with E-state index >= 15 is 0 Å². The van der Waals surface area contributed by atoms with Crippen LogP contribution in [0.25, 0.3) is 0 Å². The van der Waals surface area contributed by atoms with Crippen molar-refractivity contribution in [2.45, 2.75) is 13.3 Å². The Balaban J connectivity index is 2.29. The number of aryl methyl sites for hydroxylation is 1. The number of carbonyl (C=O) groups excluding carboxylic acids is 2. The average Bonchev–Trinajstić information content (AvgIpc) is 2.66. The molecule has 0 aliphatic rings. The van der Waals surface area contributed by atoms with Gasteiger partial charge in [0.15, 0.2) is 11.6 Å². The minimum absolute atomic E-state index is 0.171. The fourth-order valence-electron chi connectivity index (χ4n) is 2.07. The number of nitrogens with one attached hydrogen (secondary N) is 4. The van der Waals surface area contributed by atoms with Crippen LogP contribution in [0, 0.1) is 22.9 Å². The molecule has 2 aromatic rings. The molecular formula is C17H15F3N4O3. The highest BCUT2D eigenvalue weighted by Crippen LogP contribution is 2.28. The molecule has 4 N–H and O–H groups in total. The van der Waals surface area contributed by atoms with E-state index in [1.807, 2.05) is 12.3 Å². The zero-order chi connectivity index (χ0) is 20.0. The van der Waals surface area contributed by atoms with Crippen LogP contribution in [0.4, 0.5) is 24.5 Å². The largest absolute Gasteiger partial charge is 0.360 e. The van der Waals surface area contributed by atoms with E-state index < -0.39 is 40.6 Å². The highest BCUT2D eigenvalue weighted by atomic mass is 19.2. The number of amides is 1. The molecule has 0 radical (unpaired) electrons. The van der Waals surface area contributed by atoms with Crippen LogP contribution < -0.4 is 16.3 Å². The van der Waals surface area contributed by atoms with E-state index in [4.69, 9.17) is 5.41 Å². The maximum atomic E-state index is 14.2. The monoisotopic (exact) mass is 380 g/mol. The molecule has 0 heterocycles. The third-order valence-corrected chi connectivity index (χ3v) is 3.47. The Hall–Kier alpha value is -3.40. The van der Waals surface area contributed by atoms with Gasteiger partial charge in [0.25, 0.3) is 5.91 Å². The van der Waals surface area contributed by atoms with Crippen molar-refractivity contribution >= 4 is 29.5 Å². The first-order chi connectivity index (χ1) is 12.9. The molecule has 0 fully saturated rings. The molecule has 0 unspecified atom stereocenters. The molecule has 0 spiro atoms. The Labute approximate surface area is 152 Å². The van der Waals surface area contributed by atoms with E-state index in [2.05, 4.69) is 10.2 Å². The van der Waals surface area contributed by atoms with Crippen LogP contribution in [-0.4, -0.2) is 18.1 Å². The normalized spacial score (nSPS) is 10.2. The van der Waals surface area contributed by atoms with Crippen LogP contribution in [0.2, 0.25) is 0 Å². The van der Waals surface area contributed by atoms with Gasteiger partial charge in [0.2, 0.25) is 0 Å². The summed E-state index contributed by atoms with van der Waals surface area (Å²) < 4.78 is 41.9. The SMILES string of the molecule is CCc1ccc(Nc2c(C(=O)ONNC(=O)C=N)ccc(F)c2F)c(F)c1. The van der Waals surface area contributed by atoms with Crippen molar-refractivity contribution in [2.75, 3.05) is 5.32 Å².